The number of amides is 1. The molecule has 0 aromatic heterocycles. The molecule has 0 aliphatic carbocycles. The van der Waals surface area contributed by atoms with Gasteiger partial charge in [-0.2, -0.15) is 0 Å². The van der Waals surface area contributed by atoms with Crippen molar-refractivity contribution in [3.05, 3.63) is 24.3 Å². The van der Waals surface area contributed by atoms with Crippen LogP contribution in [0.4, 0.5) is 5.69 Å². The molecule has 2 rings (SSSR count). The number of likely N-dealkylation sites (tertiary alicyclic amines) is 1. The number of nitrogens with zero attached hydrogens (tertiary/aromatic N) is 1. The van der Waals surface area contributed by atoms with Crippen LogP contribution < -0.4 is 15.8 Å². The Balaban J connectivity index is 0.00000264. The van der Waals surface area contributed by atoms with Crippen LogP contribution >= 0.6 is 12.4 Å². The molecule has 0 saturated carbocycles. The molecule has 6 heteroatoms. The van der Waals surface area contributed by atoms with Crippen LogP contribution in [0.5, 0.6) is 5.75 Å². The second-order valence-electron chi connectivity index (χ2n) is 5.87. The first-order valence-electron chi connectivity index (χ1n) is 8.11. The highest BCUT2D eigenvalue weighted by atomic mass is 35.5. The fourth-order valence-electron chi connectivity index (χ4n) is 3.14. The van der Waals surface area contributed by atoms with Crippen molar-refractivity contribution in [1.82, 2.24) is 4.90 Å². The summed E-state index contributed by atoms with van der Waals surface area (Å²) in [6.45, 7) is 6.64. The quantitative estimate of drug-likeness (QED) is 0.834. The van der Waals surface area contributed by atoms with Gasteiger partial charge in [-0.1, -0.05) is 19.1 Å². The molecule has 1 fully saturated rings. The van der Waals surface area contributed by atoms with E-state index in [-0.39, 0.29) is 18.3 Å². The standard InChI is InChI=1S/C17H27N3O2.ClH/c1-3-22-16-9-5-4-8-14(16)19-17(21)12-20-10-6-7-13(2)15(20)11-18;/h4-5,8-9,13,15H,3,6-7,10-12,18H2,1-2H3,(H,19,21);1H. The van der Waals surface area contributed by atoms with Crippen molar-refractivity contribution >= 4 is 24.0 Å². The van der Waals surface area contributed by atoms with Crippen LogP contribution in [-0.2, 0) is 4.79 Å². The monoisotopic (exact) mass is 341 g/mol. The molecule has 5 nitrogen and oxygen atoms in total. The molecule has 0 bridgehead atoms. The number of halogens is 1. The van der Waals surface area contributed by atoms with Crippen LogP contribution in [0.25, 0.3) is 0 Å². The number of anilines is 1. The molecule has 130 valence electrons. The summed E-state index contributed by atoms with van der Waals surface area (Å²) in [7, 11) is 0. The summed E-state index contributed by atoms with van der Waals surface area (Å²) in [5.41, 5.74) is 6.61. The van der Waals surface area contributed by atoms with E-state index in [9.17, 15) is 4.79 Å². The van der Waals surface area contributed by atoms with E-state index in [1.807, 2.05) is 31.2 Å². The molecule has 1 aliphatic rings. The Labute approximate surface area is 145 Å². The van der Waals surface area contributed by atoms with E-state index in [0.717, 1.165) is 18.7 Å². The van der Waals surface area contributed by atoms with Gasteiger partial charge in [0.25, 0.3) is 0 Å². The molecule has 1 aromatic rings. The maximum atomic E-state index is 12.4. The second-order valence-corrected chi connectivity index (χ2v) is 5.87. The van der Waals surface area contributed by atoms with Gasteiger partial charge in [0.2, 0.25) is 5.91 Å². The maximum absolute atomic E-state index is 12.4. The van der Waals surface area contributed by atoms with Gasteiger partial charge in [0.15, 0.2) is 0 Å². The largest absolute Gasteiger partial charge is 0.492 e. The van der Waals surface area contributed by atoms with Crippen LogP contribution in [0, 0.1) is 5.92 Å². The third-order valence-corrected chi connectivity index (χ3v) is 4.28. The number of carbonyl (C=O) groups is 1. The molecule has 1 heterocycles. The second kappa shape index (κ2) is 9.75. The molecule has 1 aromatic carbocycles. The molecule has 0 radical (unpaired) electrons. The summed E-state index contributed by atoms with van der Waals surface area (Å²) in [6, 6.07) is 7.82. The number of carbonyl (C=O) groups excluding carboxylic acids is 1. The molecule has 2 unspecified atom stereocenters. The van der Waals surface area contributed by atoms with Gasteiger partial charge in [-0.15, -0.1) is 12.4 Å². The Morgan fingerprint density at radius 1 is 1.43 bits per heavy atom. The molecular formula is C17H28ClN3O2. The van der Waals surface area contributed by atoms with Crippen molar-refractivity contribution in [3.63, 3.8) is 0 Å². The van der Waals surface area contributed by atoms with Gasteiger partial charge in [0.05, 0.1) is 18.8 Å². The van der Waals surface area contributed by atoms with E-state index in [1.54, 1.807) is 0 Å². The SMILES string of the molecule is CCOc1ccccc1NC(=O)CN1CCCC(C)C1CN.Cl. The summed E-state index contributed by atoms with van der Waals surface area (Å²) in [5, 5.41) is 2.96. The molecular weight excluding hydrogens is 314 g/mol. The molecule has 0 spiro atoms. The molecule has 23 heavy (non-hydrogen) atoms. The number of nitrogens with two attached hydrogens (primary N) is 1. The predicted octanol–water partition coefficient (Wildman–Crippen LogP) is 2.50. The van der Waals surface area contributed by atoms with E-state index in [1.165, 1.54) is 6.42 Å². The number of piperidine rings is 1. The molecule has 1 amide bonds. The van der Waals surface area contributed by atoms with Crippen LogP contribution in [0.15, 0.2) is 24.3 Å². The first kappa shape index (κ1) is 19.7. The van der Waals surface area contributed by atoms with Crippen molar-refractivity contribution < 1.29 is 9.53 Å². The Bertz CT molecular complexity index is 498. The zero-order valence-corrected chi connectivity index (χ0v) is 14.8. The fourth-order valence-corrected chi connectivity index (χ4v) is 3.14. The van der Waals surface area contributed by atoms with E-state index >= 15 is 0 Å². The molecule has 1 aliphatic heterocycles. The maximum Gasteiger partial charge on any atom is 0.238 e. The van der Waals surface area contributed by atoms with Crippen molar-refractivity contribution in [3.8, 4) is 5.75 Å². The predicted molar refractivity (Wildman–Crippen MR) is 96.3 cm³/mol. The first-order chi connectivity index (χ1) is 10.7. The minimum absolute atomic E-state index is 0. The Kier molecular flexibility index (Phi) is 8.37. The number of hydrogen-bond donors (Lipinski definition) is 2. The van der Waals surface area contributed by atoms with E-state index in [0.29, 0.717) is 37.4 Å². The lowest BCUT2D eigenvalue weighted by Gasteiger charge is -2.38. The minimum Gasteiger partial charge on any atom is -0.492 e. The van der Waals surface area contributed by atoms with Crippen molar-refractivity contribution in [2.75, 3.05) is 31.6 Å². The Morgan fingerprint density at radius 2 is 2.17 bits per heavy atom. The third-order valence-electron chi connectivity index (χ3n) is 4.28. The normalized spacial score (nSPS) is 21.3. The van der Waals surface area contributed by atoms with Crippen LogP contribution in [0.3, 0.4) is 0 Å². The van der Waals surface area contributed by atoms with Crippen LogP contribution in [0.1, 0.15) is 26.7 Å². The summed E-state index contributed by atoms with van der Waals surface area (Å²) in [5.74, 6) is 1.24. The number of para-hydroxylation sites is 2. The van der Waals surface area contributed by atoms with E-state index in [2.05, 4.69) is 17.1 Å². The van der Waals surface area contributed by atoms with Gasteiger partial charge in [-0.3, -0.25) is 9.69 Å². The van der Waals surface area contributed by atoms with Gasteiger partial charge in [-0.25, -0.2) is 0 Å². The van der Waals surface area contributed by atoms with Crippen LogP contribution in [0.2, 0.25) is 0 Å². The highest BCUT2D eigenvalue weighted by Crippen LogP contribution is 2.25. The third kappa shape index (κ3) is 5.37. The van der Waals surface area contributed by atoms with Gasteiger partial charge in [0, 0.05) is 12.6 Å². The summed E-state index contributed by atoms with van der Waals surface area (Å²) in [4.78, 5) is 14.6. The van der Waals surface area contributed by atoms with E-state index < -0.39 is 0 Å². The number of nitrogens with one attached hydrogen (secondary N) is 1. The van der Waals surface area contributed by atoms with Crippen molar-refractivity contribution in [2.45, 2.75) is 32.7 Å². The first-order valence-corrected chi connectivity index (χ1v) is 8.11. The lowest BCUT2D eigenvalue weighted by Crippen LogP contribution is -2.51. The average Bonchev–Trinajstić information content (AvgIpc) is 2.50. The van der Waals surface area contributed by atoms with Gasteiger partial charge in [0.1, 0.15) is 5.75 Å². The Morgan fingerprint density at radius 3 is 2.87 bits per heavy atom. The fraction of sp³-hybridized carbons (Fsp3) is 0.588. The van der Waals surface area contributed by atoms with Gasteiger partial charge >= 0.3 is 0 Å². The number of ether oxygens (including phenoxy) is 1. The minimum atomic E-state index is -0.0142. The van der Waals surface area contributed by atoms with E-state index in [4.69, 9.17) is 10.5 Å². The number of rotatable bonds is 6. The van der Waals surface area contributed by atoms with Crippen molar-refractivity contribution in [2.24, 2.45) is 11.7 Å². The summed E-state index contributed by atoms with van der Waals surface area (Å²) < 4.78 is 5.54. The van der Waals surface area contributed by atoms with Crippen LogP contribution in [-0.4, -0.2) is 43.1 Å². The van der Waals surface area contributed by atoms with Gasteiger partial charge in [-0.05, 0) is 44.4 Å². The average molecular weight is 342 g/mol. The molecule has 3 N–H and O–H groups in total. The van der Waals surface area contributed by atoms with Gasteiger partial charge < -0.3 is 15.8 Å². The lowest BCUT2D eigenvalue weighted by molar-refractivity contribution is -0.118. The number of hydrogen-bond acceptors (Lipinski definition) is 4. The summed E-state index contributed by atoms with van der Waals surface area (Å²) >= 11 is 0. The molecule has 1 saturated heterocycles. The molecule has 2 atom stereocenters. The zero-order valence-electron chi connectivity index (χ0n) is 14.0. The Hall–Kier alpha value is -1.30. The smallest absolute Gasteiger partial charge is 0.238 e. The zero-order chi connectivity index (χ0) is 15.9. The summed E-state index contributed by atoms with van der Waals surface area (Å²) in [6.07, 6.45) is 2.31. The lowest BCUT2D eigenvalue weighted by atomic mass is 9.91. The highest BCUT2D eigenvalue weighted by molar-refractivity contribution is 5.93. The topological polar surface area (TPSA) is 67.6 Å². The number of benzene rings is 1. The van der Waals surface area contributed by atoms with Crippen molar-refractivity contribution in [1.29, 1.82) is 0 Å². The highest BCUT2D eigenvalue weighted by Gasteiger charge is 2.28.